The molecule has 0 unspecified atom stereocenters. The Morgan fingerprint density at radius 1 is 1.00 bits per heavy atom. The summed E-state index contributed by atoms with van der Waals surface area (Å²) in [6, 6.07) is 19.7. The van der Waals surface area contributed by atoms with Crippen molar-refractivity contribution in [1.82, 2.24) is 14.8 Å². The van der Waals surface area contributed by atoms with Crippen LogP contribution < -0.4 is 10.1 Å². The summed E-state index contributed by atoms with van der Waals surface area (Å²) in [7, 11) is 1.60. The number of hydrogen-bond donors (Lipinski definition) is 1. The molecule has 1 N–H and O–H groups in total. The van der Waals surface area contributed by atoms with Crippen LogP contribution in [0.2, 0.25) is 10.0 Å². The van der Waals surface area contributed by atoms with Crippen LogP contribution in [-0.2, 0) is 0 Å². The number of benzene rings is 3. The monoisotopic (exact) mass is 516 g/mol. The van der Waals surface area contributed by atoms with Gasteiger partial charge in [0.25, 0.3) is 5.91 Å². The Morgan fingerprint density at radius 3 is 2.35 bits per heavy atom. The number of hydrogen-bond acceptors (Lipinski definition) is 4. The van der Waals surface area contributed by atoms with Crippen molar-refractivity contribution in [2.75, 3.05) is 12.4 Å². The summed E-state index contributed by atoms with van der Waals surface area (Å²) >= 11 is 15.4. The van der Waals surface area contributed by atoms with E-state index in [4.69, 9.17) is 27.9 Å². The Bertz CT molecular complexity index is 1240. The lowest BCUT2D eigenvalue weighted by Crippen LogP contribution is -2.14. The molecule has 6 nitrogen and oxygen atoms in total. The van der Waals surface area contributed by atoms with Crippen LogP contribution in [0, 0.1) is 0 Å². The molecular formula is C22H15BrCl2N4O2. The minimum atomic E-state index is -0.469. The quantitative estimate of drug-likeness (QED) is 0.339. The predicted octanol–water partition coefficient (Wildman–Crippen LogP) is 6.26. The summed E-state index contributed by atoms with van der Waals surface area (Å²) in [4.78, 5) is 17.3. The molecule has 1 aromatic heterocycles. The topological polar surface area (TPSA) is 69.0 Å². The Labute approximate surface area is 196 Å². The van der Waals surface area contributed by atoms with E-state index >= 15 is 0 Å². The molecule has 3 aromatic carbocycles. The number of amides is 1. The Kier molecular flexibility index (Phi) is 6.27. The van der Waals surface area contributed by atoms with Gasteiger partial charge in [0.2, 0.25) is 5.82 Å². The lowest BCUT2D eigenvalue weighted by molar-refractivity contribution is 0.101. The maximum atomic E-state index is 12.8. The molecular weight excluding hydrogens is 503 g/mol. The maximum absolute atomic E-state index is 12.8. The minimum absolute atomic E-state index is 0.0137. The number of halogens is 3. The number of aromatic nitrogens is 3. The summed E-state index contributed by atoms with van der Waals surface area (Å²) < 4.78 is 7.78. The molecule has 0 aliphatic carbocycles. The van der Waals surface area contributed by atoms with E-state index in [0.29, 0.717) is 27.3 Å². The minimum Gasteiger partial charge on any atom is -0.497 e. The Hall–Kier alpha value is -2.87. The average molecular weight is 518 g/mol. The third kappa shape index (κ3) is 4.74. The SMILES string of the molecule is COc1ccc(-n2nc(C(=O)Nc3ccc(Cl)c(Cl)c3)nc2-c2ccc(Br)cc2)cc1. The first kappa shape index (κ1) is 21.4. The standard InChI is InChI=1S/C22H15BrCl2N4O2/c1-31-17-9-7-16(8-10-17)29-21(13-2-4-14(23)5-3-13)27-20(28-29)22(30)26-15-6-11-18(24)19(25)12-15/h2-12H,1H3,(H,26,30). The van der Waals surface area contributed by atoms with Gasteiger partial charge in [-0.25, -0.2) is 9.67 Å². The van der Waals surface area contributed by atoms with Crippen molar-refractivity contribution in [2.45, 2.75) is 0 Å². The van der Waals surface area contributed by atoms with Crippen molar-refractivity contribution < 1.29 is 9.53 Å². The average Bonchev–Trinajstić information content (AvgIpc) is 3.22. The molecule has 1 heterocycles. The number of anilines is 1. The van der Waals surface area contributed by atoms with Crippen LogP contribution in [0.3, 0.4) is 0 Å². The van der Waals surface area contributed by atoms with Crippen LogP contribution in [0.15, 0.2) is 71.2 Å². The molecule has 0 aliphatic heterocycles. The molecule has 0 spiro atoms. The highest BCUT2D eigenvalue weighted by atomic mass is 79.9. The van der Waals surface area contributed by atoms with Gasteiger partial charge in [-0.15, -0.1) is 5.10 Å². The molecule has 4 rings (SSSR count). The van der Waals surface area contributed by atoms with Gasteiger partial charge in [0.15, 0.2) is 5.82 Å². The number of nitrogens with one attached hydrogen (secondary N) is 1. The lowest BCUT2D eigenvalue weighted by atomic mass is 10.2. The first-order valence-electron chi connectivity index (χ1n) is 9.08. The number of ether oxygens (including phenoxy) is 1. The van der Waals surface area contributed by atoms with Crippen molar-refractivity contribution in [2.24, 2.45) is 0 Å². The zero-order valence-electron chi connectivity index (χ0n) is 16.1. The number of nitrogens with zero attached hydrogens (tertiary/aromatic N) is 3. The Morgan fingerprint density at radius 2 is 1.71 bits per heavy atom. The molecule has 9 heteroatoms. The van der Waals surface area contributed by atoms with E-state index in [-0.39, 0.29) is 5.82 Å². The lowest BCUT2D eigenvalue weighted by Gasteiger charge is -2.07. The van der Waals surface area contributed by atoms with Crippen LogP contribution in [0.5, 0.6) is 5.75 Å². The number of rotatable bonds is 5. The van der Waals surface area contributed by atoms with Gasteiger partial charge >= 0.3 is 0 Å². The van der Waals surface area contributed by atoms with Crippen molar-refractivity contribution in [1.29, 1.82) is 0 Å². The zero-order valence-corrected chi connectivity index (χ0v) is 19.2. The molecule has 156 valence electrons. The van der Waals surface area contributed by atoms with Gasteiger partial charge in [-0.3, -0.25) is 4.79 Å². The summed E-state index contributed by atoms with van der Waals surface area (Å²) in [5, 5.41) is 7.94. The van der Waals surface area contributed by atoms with Gasteiger partial charge in [-0.05, 0) is 54.6 Å². The molecule has 1 amide bonds. The molecule has 0 atom stereocenters. The number of carbonyl (C=O) groups excluding carboxylic acids is 1. The van der Waals surface area contributed by atoms with Gasteiger partial charge < -0.3 is 10.1 Å². The highest BCUT2D eigenvalue weighted by Gasteiger charge is 2.19. The fourth-order valence-electron chi connectivity index (χ4n) is 2.86. The van der Waals surface area contributed by atoms with Gasteiger partial charge in [-0.1, -0.05) is 51.3 Å². The van der Waals surface area contributed by atoms with Gasteiger partial charge in [0.05, 0.1) is 22.8 Å². The fraction of sp³-hybridized carbons (Fsp3) is 0.0455. The number of carbonyl (C=O) groups is 1. The summed E-state index contributed by atoms with van der Waals surface area (Å²) in [6.07, 6.45) is 0. The van der Waals surface area contributed by atoms with E-state index in [9.17, 15) is 4.79 Å². The van der Waals surface area contributed by atoms with Crippen molar-refractivity contribution in [3.63, 3.8) is 0 Å². The second-order valence-electron chi connectivity index (χ2n) is 6.46. The second-order valence-corrected chi connectivity index (χ2v) is 8.19. The summed E-state index contributed by atoms with van der Waals surface area (Å²) in [6.45, 7) is 0. The normalized spacial score (nSPS) is 10.7. The third-order valence-corrected chi connectivity index (χ3v) is 5.67. The predicted molar refractivity (Wildman–Crippen MR) is 125 cm³/mol. The maximum Gasteiger partial charge on any atom is 0.295 e. The molecule has 0 bridgehead atoms. The highest BCUT2D eigenvalue weighted by Crippen LogP contribution is 2.27. The molecule has 31 heavy (non-hydrogen) atoms. The first-order valence-corrected chi connectivity index (χ1v) is 10.6. The van der Waals surface area contributed by atoms with Crippen LogP contribution in [0.4, 0.5) is 5.69 Å². The zero-order chi connectivity index (χ0) is 22.0. The Balaban J connectivity index is 1.73. The second kappa shape index (κ2) is 9.09. The van der Waals surface area contributed by atoms with Gasteiger partial charge in [0.1, 0.15) is 5.75 Å². The van der Waals surface area contributed by atoms with E-state index in [1.807, 2.05) is 48.5 Å². The summed E-state index contributed by atoms with van der Waals surface area (Å²) in [5.41, 5.74) is 2.03. The molecule has 0 radical (unpaired) electrons. The largest absolute Gasteiger partial charge is 0.497 e. The van der Waals surface area contributed by atoms with E-state index in [1.165, 1.54) is 0 Å². The molecule has 0 aliphatic rings. The van der Waals surface area contributed by atoms with Crippen molar-refractivity contribution in [3.8, 4) is 22.8 Å². The van der Waals surface area contributed by atoms with Gasteiger partial charge in [0, 0.05) is 15.7 Å². The first-order chi connectivity index (χ1) is 14.9. The van der Waals surface area contributed by atoms with Gasteiger partial charge in [-0.2, -0.15) is 0 Å². The van der Waals surface area contributed by atoms with Crippen LogP contribution >= 0.6 is 39.1 Å². The van der Waals surface area contributed by atoms with Crippen LogP contribution in [0.25, 0.3) is 17.1 Å². The highest BCUT2D eigenvalue weighted by molar-refractivity contribution is 9.10. The smallest absolute Gasteiger partial charge is 0.295 e. The fourth-order valence-corrected chi connectivity index (χ4v) is 3.42. The molecule has 0 fully saturated rings. The van der Waals surface area contributed by atoms with E-state index in [2.05, 4.69) is 31.3 Å². The van der Waals surface area contributed by atoms with Crippen LogP contribution in [0.1, 0.15) is 10.6 Å². The summed E-state index contributed by atoms with van der Waals surface area (Å²) in [5.74, 6) is 0.785. The van der Waals surface area contributed by atoms with Crippen molar-refractivity contribution >= 4 is 50.7 Å². The van der Waals surface area contributed by atoms with E-state index in [0.717, 1.165) is 15.7 Å². The molecule has 0 saturated heterocycles. The third-order valence-electron chi connectivity index (χ3n) is 4.41. The van der Waals surface area contributed by atoms with Crippen molar-refractivity contribution in [3.05, 3.63) is 87.1 Å². The molecule has 4 aromatic rings. The van der Waals surface area contributed by atoms with Crippen LogP contribution in [-0.4, -0.2) is 27.8 Å². The van der Waals surface area contributed by atoms with E-state index in [1.54, 1.807) is 30.0 Å². The number of methoxy groups -OCH3 is 1. The van der Waals surface area contributed by atoms with E-state index < -0.39 is 5.91 Å². The molecule has 0 saturated carbocycles.